The van der Waals surface area contributed by atoms with Gasteiger partial charge in [-0.25, -0.2) is 0 Å². The first-order valence-electron chi connectivity index (χ1n) is 4.62. The molecule has 0 aromatic rings. The van der Waals surface area contributed by atoms with Gasteiger partial charge < -0.3 is 19.9 Å². The summed E-state index contributed by atoms with van der Waals surface area (Å²) in [4.78, 5) is 10.9. The fraction of sp³-hybridized carbons (Fsp3) is 0.889. The lowest BCUT2D eigenvalue weighted by Crippen LogP contribution is -2.53. The van der Waals surface area contributed by atoms with Crippen LogP contribution in [-0.4, -0.2) is 50.1 Å². The van der Waals surface area contributed by atoms with Crippen LogP contribution in [0.4, 0.5) is 0 Å². The molecule has 0 heterocycles. The highest BCUT2D eigenvalue weighted by molar-refractivity contribution is 5.78. The summed E-state index contributed by atoms with van der Waals surface area (Å²) in [5, 5.41) is 11.8. The number of methoxy groups -OCH3 is 1. The minimum Gasteiger partial charge on any atom is -0.480 e. The Balaban J connectivity index is 3.90. The van der Waals surface area contributed by atoms with Gasteiger partial charge in [0.05, 0.1) is 19.8 Å². The number of nitrogens with one attached hydrogen (secondary N) is 1. The predicted octanol–water partition coefficient (Wildman–Crippen LogP) is 0.102. The first-order chi connectivity index (χ1) is 6.56. The quantitative estimate of drug-likeness (QED) is 0.550. The molecule has 0 amide bonds. The Bertz CT molecular complexity index is 174. The standard InChI is InChI=1S/C9H19NO4/c1-4-10-9(2,8(11)12)7-14-6-5-13-3/h10H,4-7H2,1-3H3,(H,11,12). The molecule has 0 aliphatic heterocycles. The summed E-state index contributed by atoms with van der Waals surface area (Å²) in [7, 11) is 1.57. The Morgan fingerprint density at radius 1 is 1.50 bits per heavy atom. The molecule has 0 spiro atoms. The van der Waals surface area contributed by atoms with E-state index in [1.54, 1.807) is 14.0 Å². The number of likely N-dealkylation sites (N-methyl/N-ethyl adjacent to an activating group) is 1. The molecule has 0 radical (unpaired) electrons. The van der Waals surface area contributed by atoms with Crippen molar-refractivity contribution in [2.75, 3.05) is 33.5 Å². The molecular formula is C9H19NO4. The zero-order valence-electron chi connectivity index (χ0n) is 9.00. The molecule has 1 atom stereocenters. The van der Waals surface area contributed by atoms with Crippen molar-refractivity contribution in [3.8, 4) is 0 Å². The molecule has 0 aliphatic rings. The molecule has 14 heavy (non-hydrogen) atoms. The van der Waals surface area contributed by atoms with Gasteiger partial charge in [-0.1, -0.05) is 6.92 Å². The molecule has 5 heteroatoms. The molecule has 1 unspecified atom stereocenters. The molecule has 5 nitrogen and oxygen atoms in total. The van der Waals surface area contributed by atoms with E-state index in [1.807, 2.05) is 6.92 Å². The van der Waals surface area contributed by atoms with Crippen molar-refractivity contribution in [3.63, 3.8) is 0 Å². The first-order valence-corrected chi connectivity index (χ1v) is 4.62. The lowest BCUT2D eigenvalue weighted by Gasteiger charge is -2.25. The van der Waals surface area contributed by atoms with Crippen molar-refractivity contribution in [1.29, 1.82) is 0 Å². The highest BCUT2D eigenvalue weighted by atomic mass is 16.5. The summed E-state index contributed by atoms with van der Waals surface area (Å²) >= 11 is 0. The Labute approximate surface area is 84.4 Å². The molecule has 0 aromatic heterocycles. The van der Waals surface area contributed by atoms with Crippen LogP contribution < -0.4 is 5.32 Å². The van der Waals surface area contributed by atoms with Crippen molar-refractivity contribution in [2.24, 2.45) is 0 Å². The van der Waals surface area contributed by atoms with E-state index in [0.29, 0.717) is 19.8 Å². The largest absolute Gasteiger partial charge is 0.480 e. The molecule has 0 saturated carbocycles. The van der Waals surface area contributed by atoms with E-state index < -0.39 is 11.5 Å². The second-order valence-electron chi connectivity index (χ2n) is 3.21. The molecule has 84 valence electrons. The topological polar surface area (TPSA) is 67.8 Å². The van der Waals surface area contributed by atoms with Crippen molar-refractivity contribution in [1.82, 2.24) is 5.32 Å². The SMILES string of the molecule is CCNC(C)(COCCOC)C(=O)O. The number of hydrogen-bond acceptors (Lipinski definition) is 4. The third kappa shape index (κ3) is 4.55. The fourth-order valence-electron chi connectivity index (χ4n) is 0.997. The van der Waals surface area contributed by atoms with Crippen LogP contribution in [0, 0.1) is 0 Å². The van der Waals surface area contributed by atoms with E-state index in [0.717, 1.165) is 0 Å². The van der Waals surface area contributed by atoms with E-state index in [-0.39, 0.29) is 6.61 Å². The highest BCUT2D eigenvalue weighted by Crippen LogP contribution is 2.04. The highest BCUT2D eigenvalue weighted by Gasteiger charge is 2.32. The smallest absolute Gasteiger partial charge is 0.326 e. The second kappa shape index (κ2) is 6.75. The van der Waals surface area contributed by atoms with E-state index in [2.05, 4.69) is 5.32 Å². The van der Waals surface area contributed by atoms with Crippen LogP contribution in [0.15, 0.2) is 0 Å². The fourth-order valence-corrected chi connectivity index (χ4v) is 0.997. The molecule has 0 saturated heterocycles. The maximum atomic E-state index is 10.9. The Morgan fingerprint density at radius 3 is 2.57 bits per heavy atom. The Morgan fingerprint density at radius 2 is 2.14 bits per heavy atom. The monoisotopic (exact) mass is 205 g/mol. The summed E-state index contributed by atoms with van der Waals surface area (Å²) in [5.74, 6) is -0.906. The van der Waals surface area contributed by atoms with Gasteiger partial charge in [-0.2, -0.15) is 0 Å². The maximum absolute atomic E-state index is 10.9. The minimum atomic E-state index is -1.01. The lowest BCUT2D eigenvalue weighted by molar-refractivity contribution is -0.147. The number of hydrogen-bond donors (Lipinski definition) is 2. The van der Waals surface area contributed by atoms with Gasteiger partial charge >= 0.3 is 5.97 Å². The summed E-state index contributed by atoms with van der Waals surface area (Å²) < 4.78 is 9.97. The van der Waals surface area contributed by atoms with Crippen molar-refractivity contribution >= 4 is 5.97 Å². The van der Waals surface area contributed by atoms with Crippen LogP contribution in [0.3, 0.4) is 0 Å². The number of carbonyl (C=O) groups is 1. The van der Waals surface area contributed by atoms with Crippen LogP contribution in [-0.2, 0) is 14.3 Å². The maximum Gasteiger partial charge on any atom is 0.326 e. The zero-order valence-corrected chi connectivity index (χ0v) is 9.00. The molecule has 0 rings (SSSR count). The van der Waals surface area contributed by atoms with Gasteiger partial charge in [0.25, 0.3) is 0 Å². The Kier molecular flexibility index (Phi) is 6.44. The van der Waals surface area contributed by atoms with E-state index in [9.17, 15) is 4.79 Å². The van der Waals surface area contributed by atoms with Crippen molar-refractivity contribution in [2.45, 2.75) is 19.4 Å². The van der Waals surface area contributed by atoms with Gasteiger partial charge in [-0.15, -0.1) is 0 Å². The Hall–Kier alpha value is -0.650. The molecule has 0 fully saturated rings. The minimum absolute atomic E-state index is 0.138. The number of ether oxygens (including phenoxy) is 2. The lowest BCUT2D eigenvalue weighted by atomic mass is 10.0. The first kappa shape index (κ1) is 13.4. The van der Waals surface area contributed by atoms with Crippen molar-refractivity contribution < 1.29 is 19.4 Å². The number of aliphatic carboxylic acids is 1. The van der Waals surface area contributed by atoms with Crippen LogP contribution in [0.1, 0.15) is 13.8 Å². The third-order valence-corrected chi connectivity index (χ3v) is 1.86. The molecule has 2 N–H and O–H groups in total. The van der Waals surface area contributed by atoms with Gasteiger partial charge in [-0.3, -0.25) is 4.79 Å². The number of carboxylic acids is 1. The van der Waals surface area contributed by atoms with Crippen molar-refractivity contribution in [3.05, 3.63) is 0 Å². The number of rotatable bonds is 8. The van der Waals surface area contributed by atoms with Gasteiger partial charge in [0, 0.05) is 7.11 Å². The number of carboxylic acid groups (broad SMARTS) is 1. The van der Waals surface area contributed by atoms with Gasteiger partial charge in [0.2, 0.25) is 0 Å². The summed E-state index contributed by atoms with van der Waals surface area (Å²) in [6.07, 6.45) is 0. The van der Waals surface area contributed by atoms with Crippen LogP contribution >= 0.6 is 0 Å². The van der Waals surface area contributed by atoms with Crippen LogP contribution in [0.5, 0.6) is 0 Å². The predicted molar refractivity (Wildman–Crippen MR) is 52.4 cm³/mol. The summed E-state index contributed by atoms with van der Waals surface area (Å²) in [5.41, 5.74) is -1.01. The normalized spacial score (nSPS) is 15.1. The molecular weight excluding hydrogens is 186 g/mol. The van der Waals surface area contributed by atoms with E-state index in [4.69, 9.17) is 14.6 Å². The molecule has 0 aromatic carbocycles. The van der Waals surface area contributed by atoms with Crippen LogP contribution in [0.2, 0.25) is 0 Å². The van der Waals surface area contributed by atoms with Crippen LogP contribution in [0.25, 0.3) is 0 Å². The average Bonchev–Trinajstić information content (AvgIpc) is 2.13. The zero-order chi connectivity index (χ0) is 11.0. The molecule has 0 bridgehead atoms. The third-order valence-electron chi connectivity index (χ3n) is 1.86. The van der Waals surface area contributed by atoms with E-state index in [1.165, 1.54) is 0 Å². The van der Waals surface area contributed by atoms with Gasteiger partial charge in [0.15, 0.2) is 0 Å². The summed E-state index contributed by atoms with van der Waals surface area (Å²) in [6, 6.07) is 0. The summed E-state index contributed by atoms with van der Waals surface area (Å²) in [6.45, 7) is 5.07. The van der Waals surface area contributed by atoms with Gasteiger partial charge in [-0.05, 0) is 13.5 Å². The average molecular weight is 205 g/mol. The second-order valence-corrected chi connectivity index (χ2v) is 3.21. The van der Waals surface area contributed by atoms with Gasteiger partial charge in [0.1, 0.15) is 5.54 Å². The van der Waals surface area contributed by atoms with E-state index >= 15 is 0 Å². The molecule has 0 aliphatic carbocycles.